The van der Waals surface area contributed by atoms with E-state index < -0.39 is 0 Å². The van der Waals surface area contributed by atoms with Gasteiger partial charge in [-0.1, -0.05) is 40.9 Å². The van der Waals surface area contributed by atoms with Crippen LogP contribution in [0.5, 0.6) is 0 Å². The molecule has 1 saturated heterocycles. The topological polar surface area (TPSA) is 33.3 Å². The van der Waals surface area contributed by atoms with E-state index in [0.29, 0.717) is 17.5 Å². The Morgan fingerprint density at radius 3 is 2.88 bits per heavy atom. The standard InChI is InChI=1S/C20H29BrN2O/c21-16-5-1-4-15(12-16)20(8-3-9-20)14-23-18-7-2-6-17(18)19-13-24-11-10-22-19/h1,4-5,12,17-19,22-23H,2-3,6-11,13-14H2. The van der Waals surface area contributed by atoms with Crippen molar-refractivity contribution in [2.24, 2.45) is 5.92 Å². The summed E-state index contributed by atoms with van der Waals surface area (Å²) in [6.45, 7) is 3.89. The second kappa shape index (κ2) is 7.45. The second-order valence-corrected chi connectivity index (χ2v) is 8.78. The molecule has 2 saturated carbocycles. The lowest BCUT2D eigenvalue weighted by molar-refractivity contribution is 0.0515. The summed E-state index contributed by atoms with van der Waals surface area (Å²) in [6, 6.07) is 10.1. The van der Waals surface area contributed by atoms with Gasteiger partial charge >= 0.3 is 0 Å². The van der Waals surface area contributed by atoms with Crippen molar-refractivity contribution in [1.29, 1.82) is 0 Å². The van der Waals surface area contributed by atoms with Gasteiger partial charge < -0.3 is 15.4 Å². The molecule has 1 aromatic carbocycles. The van der Waals surface area contributed by atoms with Gasteiger partial charge in [0.05, 0.1) is 13.2 Å². The van der Waals surface area contributed by atoms with Crippen molar-refractivity contribution < 1.29 is 4.74 Å². The third-order valence-corrected chi connectivity index (χ3v) is 6.98. The lowest BCUT2D eigenvalue weighted by Gasteiger charge is -2.44. The van der Waals surface area contributed by atoms with Crippen LogP contribution >= 0.6 is 15.9 Å². The molecule has 0 bridgehead atoms. The zero-order chi connectivity index (χ0) is 16.4. The van der Waals surface area contributed by atoms with Crippen molar-refractivity contribution in [2.75, 3.05) is 26.3 Å². The molecule has 4 heteroatoms. The third-order valence-electron chi connectivity index (χ3n) is 6.49. The van der Waals surface area contributed by atoms with E-state index in [2.05, 4.69) is 50.8 Å². The Morgan fingerprint density at radius 1 is 1.25 bits per heavy atom. The average Bonchev–Trinajstić information content (AvgIpc) is 3.03. The summed E-state index contributed by atoms with van der Waals surface area (Å²) in [5.74, 6) is 0.727. The molecule has 132 valence electrons. The fourth-order valence-electron chi connectivity index (χ4n) is 4.90. The molecule has 3 unspecified atom stereocenters. The van der Waals surface area contributed by atoms with E-state index in [1.807, 2.05) is 0 Å². The van der Waals surface area contributed by atoms with Gasteiger partial charge in [0, 0.05) is 35.1 Å². The molecule has 3 aliphatic rings. The van der Waals surface area contributed by atoms with Gasteiger partial charge in [0.2, 0.25) is 0 Å². The molecule has 2 aliphatic carbocycles. The van der Waals surface area contributed by atoms with Crippen molar-refractivity contribution in [3.63, 3.8) is 0 Å². The summed E-state index contributed by atoms with van der Waals surface area (Å²) < 4.78 is 6.91. The van der Waals surface area contributed by atoms with Crippen molar-refractivity contribution in [1.82, 2.24) is 10.6 Å². The molecule has 3 nitrogen and oxygen atoms in total. The van der Waals surface area contributed by atoms with Crippen LogP contribution in [0.2, 0.25) is 0 Å². The summed E-state index contributed by atoms with van der Waals surface area (Å²) in [7, 11) is 0. The predicted octanol–water partition coefficient (Wildman–Crippen LogP) is 3.62. The lowest BCUT2D eigenvalue weighted by Crippen LogP contribution is -2.53. The van der Waals surface area contributed by atoms with Gasteiger partial charge in [0.1, 0.15) is 0 Å². The van der Waals surface area contributed by atoms with Crippen LogP contribution in [0.4, 0.5) is 0 Å². The molecule has 1 heterocycles. The maximum atomic E-state index is 5.71. The smallest absolute Gasteiger partial charge is 0.0623 e. The van der Waals surface area contributed by atoms with Crippen LogP contribution in [-0.4, -0.2) is 38.4 Å². The maximum absolute atomic E-state index is 5.71. The molecule has 0 aromatic heterocycles. The summed E-state index contributed by atoms with van der Waals surface area (Å²) >= 11 is 3.64. The minimum absolute atomic E-state index is 0.355. The fourth-order valence-corrected chi connectivity index (χ4v) is 5.30. The second-order valence-electron chi connectivity index (χ2n) is 7.86. The normalized spacial score (nSPS) is 32.5. The number of hydrogen-bond donors (Lipinski definition) is 2. The van der Waals surface area contributed by atoms with Gasteiger partial charge in [-0.15, -0.1) is 0 Å². The molecule has 3 fully saturated rings. The number of rotatable bonds is 5. The Labute approximate surface area is 154 Å². The molecule has 0 amide bonds. The maximum Gasteiger partial charge on any atom is 0.0623 e. The Bertz CT molecular complexity index is 554. The van der Waals surface area contributed by atoms with E-state index >= 15 is 0 Å². The van der Waals surface area contributed by atoms with Crippen molar-refractivity contribution in [3.05, 3.63) is 34.3 Å². The van der Waals surface area contributed by atoms with Crippen LogP contribution in [0.3, 0.4) is 0 Å². The first-order valence-corrected chi connectivity index (χ1v) is 10.4. The summed E-state index contributed by atoms with van der Waals surface area (Å²) in [4.78, 5) is 0. The largest absolute Gasteiger partial charge is 0.379 e. The van der Waals surface area contributed by atoms with Gasteiger partial charge in [-0.25, -0.2) is 0 Å². The van der Waals surface area contributed by atoms with Crippen LogP contribution in [0, 0.1) is 5.92 Å². The average molecular weight is 393 g/mol. The third kappa shape index (κ3) is 3.44. The number of hydrogen-bond acceptors (Lipinski definition) is 3. The lowest BCUT2D eigenvalue weighted by atomic mass is 9.64. The molecule has 1 aliphatic heterocycles. The monoisotopic (exact) mass is 392 g/mol. The highest BCUT2D eigenvalue weighted by Crippen LogP contribution is 2.44. The van der Waals surface area contributed by atoms with E-state index in [1.54, 1.807) is 0 Å². The molecule has 2 N–H and O–H groups in total. The molecule has 3 atom stereocenters. The number of morpholine rings is 1. The van der Waals surface area contributed by atoms with E-state index in [-0.39, 0.29) is 0 Å². The van der Waals surface area contributed by atoms with Gasteiger partial charge in [0.25, 0.3) is 0 Å². The fraction of sp³-hybridized carbons (Fsp3) is 0.700. The number of benzene rings is 1. The Hall–Kier alpha value is -0.420. The van der Waals surface area contributed by atoms with Crippen molar-refractivity contribution in [2.45, 2.75) is 56.0 Å². The SMILES string of the molecule is Brc1cccc(C2(CNC3CCCC3C3COCCN3)CCC2)c1. The highest BCUT2D eigenvalue weighted by atomic mass is 79.9. The van der Waals surface area contributed by atoms with Gasteiger partial charge in [-0.2, -0.15) is 0 Å². The van der Waals surface area contributed by atoms with Gasteiger partial charge in [-0.05, 0) is 49.3 Å². The zero-order valence-electron chi connectivity index (χ0n) is 14.4. The zero-order valence-corrected chi connectivity index (χ0v) is 16.0. The van der Waals surface area contributed by atoms with E-state index in [1.165, 1.54) is 48.6 Å². The minimum atomic E-state index is 0.355. The van der Waals surface area contributed by atoms with Crippen LogP contribution in [-0.2, 0) is 10.2 Å². The van der Waals surface area contributed by atoms with E-state index in [9.17, 15) is 0 Å². The van der Waals surface area contributed by atoms with Crippen molar-refractivity contribution in [3.8, 4) is 0 Å². The number of halogens is 1. The van der Waals surface area contributed by atoms with Crippen molar-refractivity contribution >= 4 is 15.9 Å². The highest BCUT2D eigenvalue weighted by Gasteiger charge is 2.41. The van der Waals surface area contributed by atoms with Crippen LogP contribution in [0.25, 0.3) is 0 Å². The predicted molar refractivity (Wildman–Crippen MR) is 101 cm³/mol. The molecular formula is C20H29BrN2O. The molecule has 1 aromatic rings. The minimum Gasteiger partial charge on any atom is -0.379 e. The molecule has 0 spiro atoms. The quantitative estimate of drug-likeness (QED) is 0.802. The summed E-state index contributed by atoms with van der Waals surface area (Å²) in [5.41, 5.74) is 1.86. The first-order valence-electron chi connectivity index (χ1n) is 9.57. The first kappa shape index (κ1) is 17.0. The molecule has 24 heavy (non-hydrogen) atoms. The Kier molecular flexibility index (Phi) is 5.28. The van der Waals surface area contributed by atoms with Gasteiger partial charge in [0.15, 0.2) is 0 Å². The Morgan fingerprint density at radius 2 is 2.17 bits per heavy atom. The molecule has 0 radical (unpaired) electrons. The van der Waals surface area contributed by atoms with Gasteiger partial charge in [-0.3, -0.25) is 0 Å². The Balaban J connectivity index is 1.41. The number of ether oxygens (including phenoxy) is 1. The van der Waals surface area contributed by atoms with Crippen LogP contribution < -0.4 is 10.6 Å². The van der Waals surface area contributed by atoms with Crippen LogP contribution in [0.1, 0.15) is 44.1 Å². The summed E-state index contributed by atoms with van der Waals surface area (Å²) in [5, 5.41) is 7.66. The van der Waals surface area contributed by atoms with Crippen LogP contribution in [0.15, 0.2) is 28.7 Å². The summed E-state index contributed by atoms with van der Waals surface area (Å²) in [6.07, 6.45) is 8.00. The number of nitrogens with one attached hydrogen (secondary N) is 2. The molecular weight excluding hydrogens is 364 g/mol. The highest BCUT2D eigenvalue weighted by molar-refractivity contribution is 9.10. The first-order chi connectivity index (χ1) is 11.8. The van der Waals surface area contributed by atoms with E-state index in [0.717, 1.165) is 32.2 Å². The molecule has 4 rings (SSSR count). The van der Waals surface area contributed by atoms with E-state index in [4.69, 9.17) is 4.74 Å².